The molecule has 3 heterocycles. The molecule has 2 atom stereocenters. The first-order valence-electron chi connectivity index (χ1n) is 10.2. The Morgan fingerprint density at radius 1 is 1.31 bits per heavy atom. The number of benzene rings is 2. The molecule has 1 aromatic heterocycles. The Bertz CT molecular complexity index is 1370. The third kappa shape index (κ3) is 3.56. The molecule has 0 N–H and O–H groups in total. The first-order valence-corrected chi connectivity index (χ1v) is 11.0. The molecule has 3 aromatic rings. The summed E-state index contributed by atoms with van der Waals surface area (Å²) in [6, 6.07) is 12.1. The molecule has 2 aromatic carbocycles. The number of alkyl halides is 2. The fourth-order valence-corrected chi connectivity index (χ4v) is 5.29. The molecular weight excluding hydrogens is 438 g/mol. The van der Waals surface area contributed by atoms with Crippen LogP contribution in [0.1, 0.15) is 37.4 Å². The number of nitrogens with zero attached hydrogens (tertiary/aromatic N) is 2. The average Bonchev–Trinajstić information content (AvgIpc) is 3.03. The highest BCUT2D eigenvalue weighted by molar-refractivity contribution is 7.07. The van der Waals surface area contributed by atoms with Crippen molar-refractivity contribution in [1.82, 2.24) is 4.57 Å². The van der Waals surface area contributed by atoms with Gasteiger partial charge in [0.25, 0.3) is 5.56 Å². The van der Waals surface area contributed by atoms with Gasteiger partial charge in [0.05, 0.1) is 17.2 Å². The monoisotopic (exact) mass is 458 g/mol. The van der Waals surface area contributed by atoms with Crippen molar-refractivity contribution in [3.63, 3.8) is 0 Å². The van der Waals surface area contributed by atoms with Gasteiger partial charge in [-0.2, -0.15) is 8.78 Å². The Morgan fingerprint density at radius 3 is 2.91 bits per heavy atom. The van der Waals surface area contributed by atoms with E-state index in [0.29, 0.717) is 21.3 Å². The second-order valence-electron chi connectivity index (χ2n) is 7.73. The molecule has 6 nitrogen and oxygen atoms in total. The van der Waals surface area contributed by atoms with Crippen LogP contribution in [0.15, 0.2) is 52.3 Å². The van der Waals surface area contributed by atoms with Gasteiger partial charge in [0.15, 0.2) is 16.3 Å². The summed E-state index contributed by atoms with van der Waals surface area (Å²) in [5.41, 5.74) is 0.713. The minimum Gasteiger partial charge on any atom is -0.490 e. The van der Waals surface area contributed by atoms with Crippen LogP contribution in [0, 0.1) is 0 Å². The number of hydrogen-bond donors (Lipinski definition) is 0. The lowest BCUT2D eigenvalue weighted by molar-refractivity contribution is -0.0514. The fourth-order valence-electron chi connectivity index (χ4n) is 4.16. The van der Waals surface area contributed by atoms with Crippen molar-refractivity contribution in [3.05, 3.63) is 73.3 Å². The number of rotatable bonds is 5. The molecule has 0 saturated carbocycles. The van der Waals surface area contributed by atoms with Crippen LogP contribution >= 0.6 is 11.3 Å². The highest BCUT2D eigenvalue weighted by Crippen LogP contribution is 2.42. The summed E-state index contributed by atoms with van der Waals surface area (Å²) >= 11 is 1.28. The van der Waals surface area contributed by atoms with E-state index >= 15 is 0 Å². The summed E-state index contributed by atoms with van der Waals surface area (Å²) in [5, 5.41) is 0. The molecule has 166 valence electrons. The maximum absolute atomic E-state index is 13.3. The highest BCUT2D eigenvalue weighted by atomic mass is 32.1. The van der Waals surface area contributed by atoms with E-state index in [-0.39, 0.29) is 29.7 Å². The van der Waals surface area contributed by atoms with Gasteiger partial charge in [0, 0.05) is 12.0 Å². The standard InChI is InChI=1S/C23H20F2N2O4S/c1-3-29-18-10-13(8-9-17(18)30-21(24)25)11-19-20(28)27-15-12-23(2,26-22(27)32-19)31-16-7-5-4-6-14(15)16/h4-11,15,21H,3,12H2,1-2H3/b19-11-/t15-,23+/m1/s1. The van der Waals surface area contributed by atoms with Crippen molar-refractivity contribution in [3.8, 4) is 17.2 Å². The molecule has 0 spiro atoms. The van der Waals surface area contributed by atoms with E-state index in [1.54, 1.807) is 29.7 Å². The molecule has 2 bridgehead atoms. The summed E-state index contributed by atoms with van der Waals surface area (Å²) in [6.45, 7) is 1.01. The van der Waals surface area contributed by atoms with E-state index < -0.39 is 12.3 Å². The lowest BCUT2D eigenvalue weighted by Gasteiger charge is -2.39. The maximum Gasteiger partial charge on any atom is 0.387 e. The Labute approximate surface area is 186 Å². The quantitative estimate of drug-likeness (QED) is 0.588. The van der Waals surface area contributed by atoms with E-state index in [4.69, 9.17) is 14.5 Å². The Balaban J connectivity index is 1.62. The number of hydrogen-bond acceptors (Lipinski definition) is 6. The van der Waals surface area contributed by atoms with Crippen molar-refractivity contribution >= 4 is 17.4 Å². The van der Waals surface area contributed by atoms with Crippen LogP contribution in [0.5, 0.6) is 17.2 Å². The smallest absolute Gasteiger partial charge is 0.387 e. The van der Waals surface area contributed by atoms with Gasteiger partial charge < -0.3 is 14.2 Å². The Morgan fingerprint density at radius 2 is 2.12 bits per heavy atom. The maximum atomic E-state index is 13.3. The van der Waals surface area contributed by atoms with Crippen molar-refractivity contribution in [2.75, 3.05) is 6.61 Å². The number of thiazole rings is 1. The number of halogens is 2. The fraction of sp³-hybridized carbons (Fsp3) is 0.304. The summed E-state index contributed by atoms with van der Waals surface area (Å²) in [7, 11) is 0. The van der Waals surface area contributed by atoms with E-state index in [9.17, 15) is 13.6 Å². The van der Waals surface area contributed by atoms with E-state index in [2.05, 4.69) is 4.74 Å². The third-order valence-electron chi connectivity index (χ3n) is 5.44. The molecule has 0 amide bonds. The molecule has 2 aliphatic rings. The zero-order chi connectivity index (χ0) is 22.5. The lowest BCUT2D eigenvalue weighted by Crippen LogP contribution is -2.49. The van der Waals surface area contributed by atoms with Gasteiger partial charge in [-0.05, 0) is 43.7 Å². The van der Waals surface area contributed by atoms with Gasteiger partial charge in [-0.15, -0.1) is 0 Å². The van der Waals surface area contributed by atoms with Crippen LogP contribution in [0.2, 0.25) is 0 Å². The van der Waals surface area contributed by atoms with E-state index in [1.165, 1.54) is 17.4 Å². The van der Waals surface area contributed by atoms with Crippen LogP contribution < -0.4 is 29.1 Å². The Hall–Kier alpha value is -3.20. The van der Waals surface area contributed by atoms with Crippen molar-refractivity contribution in [1.29, 1.82) is 0 Å². The predicted octanol–water partition coefficient (Wildman–Crippen LogP) is 3.46. The topological polar surface area (TPSA) is 62.1 Å². The van der Waals surface area contributed by atoms with Crippen molar-refractivity contribution < 1.29 is 23.0 Å². The zero-order valence-corrected chi connectivity index (χ0v) is 18.2. The molecule has 0 aliphatic carbocycles. The van der Waals surface area contributed by atoms with Gasteiger partial charge in [0.2, 0.25) is 5.72 Å². The molecular formula is C23H20F2N2O4S. The van der Waals surface area contributed by atoms with Gasteiger partial charge in [-0.25, -0.2) is 4.99 Å². The molecule has 0 saturated heterocycles. The van der Waals surface area contributed by atoms with Crippen LogP contribution in [0.3, 0.4) is 0 Å². The first-order chi connectivity index (χ1) is 15.4. The summed E-state index contributed by atoms with van der Waals surface area (Å²) in [4.78, 5) is 18.7. The Kier molecular flexibility index (Phi) is 5.00. The van der Waals surface area contributed by atoms with Crippen molar-refractivity contribution in [2.24, 2.45) is 4.99 Å². The van der Waals surface area contributed by atoms with Crippen LogP contribution in [-0.4, -0.2) is 23.5 Å². The highest BCUT2D eigenvalue weighted by Gasteiger charge is 2.42. The van der Waals surface area contributed by atoms with Crippen molar-refractivity contribution in [2.45, 2.75) is 38.6 Å². The number of aromatic nitrogens is 1. The largest absolute Gasteiger partial charge is 0.490 e. The molecule has 2 aliphatic heterocycles. The normalized spacial score (nSPS) is 21.4. The first kappa shape index (κ1) is 20.7. The minimum absolute atomic E-state index is 0.0494. The van der Waals surface area contributed by atoms with Crippen LogP contribution in [-0.2, 0) is 0 Å². The molecule has 9 heteroatoms. The summed E-state index contributed by atoms with van der Waals surface area (Å²) in [5.74, 6) is 0.880. The molecule has 32 heavy (non-hydrogen) atoms. The number of fused-ring (bicyclic) bond motifs is 6. The molecule has 0 radical (unpaired) electrons. The minimum atomic E-state index is -2.95. The third-order valence-corrected chi connectivity index (χ3v) is 6.43. The number of para-hydroxylation sites is 1. The lowest BCUT2D eigenvalue weighted by atomic mass is 9.93. The number of ether oxygens (including phenoxy) is 3. The van der Waals surface area contributed by atoms with Gasteiger partial charge in [0.1, 0.15) is 5.75 Å². The molecule has 0 fully saturated rings. The summed E-state index contributed by atoms with van der Waals surface area (Å²) in [6.07, 6.45) is 2.28. The van der Waals surface area contributed by atoms with E-state index in [0.717, 1.165) is 11.3 Å². The van der Waals surface area contributed by atoms with Crippen LogP contribution in [0.25, 0.3) is 6.08 Å². The summed E-state index contributed by atoms with van der Waals surface area (Å²) < 4.78 is 43.6. The van der Waals surface area contributed by atoms with Crippen LogP contribution in [0.4, 0.5) is 8.78 Å². The van der Waals surface area contributed by atoms with Gasteiger partial charge in [-0.1, -0.05) is 35.6 Å². The van der Waals surface area contributed by atoms with Gasteiger partial charge >= 0.3 is 6.61 Å². The second kappa shape index (κ2) is 7.74. The van der Waals surface area contributed by atoms with Gasteiger partial charge in [-0.3, -0.25) is 9.36 Å². The van der Waals surface area contributed by atoms with E-state index in [1.807, 2.05) is 31.2 Å². The second-order valence-corrected chi connectivity index (χ2v) is 8.74. The molecule has 5 rings (SSSR count). The average molecular weight is 458 g/mol. The zero-order valence-electron chi connectivity index (χ0n) is 17.4. The predicted molar refractivity (Wildman–Crippen MR) is 115 cm³/mol. The SMILES string of the molecule is CCOc1cc(/C=c2\sc3n(c2=O)[C@@H]2C[C@@](C)(N=3)Oc3ccccc32)ccc1OC(F)F. The molecule has 0 unspecified atom stereocenters.